The Balaban J connectivity index is 1.96. The maximum absolute atomic E-state index is 12.4. The first-order valence-electron chi connectivity index (χ1n) is 9.03. The molecule has 134 valence electrons. The van der Waals surface area contributed by atoms with Gasteiger partial charge in [0.2, 0.25) is 5.91 Å². The number of hydrazine groups is 1. The fraction of sp³-hybridized carbons (Fsp3) is 0.632. The van der Waals surface area contributed by atoms with E-state index in [2.05, 4.69) is 43.0 Å². The van der Waals surface area contributed by atoms with Crippen LogP contribution in [0.2, 0.25) is 0 Å². The largest absolute Gasteiger partial charge is 0.507 e. The van der Waals surface area contributed by atoms with Crippen molar-refractivity contribution in [3.8, 4) is 5.75 Å². The molecule has 1 aliphatic rings. The molecular weight excluding hydrogens is 302 g/mol. The van der Waals surface area contributed by atoms with Gasteiger partial charge in [0.05, 0.1) is 12.5 Å². The smallest absolute Gasteiger partial charge is 0.224 e. The van der Waals surface area contributed by atoms with Crippen LogP contribution in [0.3, 0.4) is 0 Å². The Morgan fingerprint density at radius 3 is 2.33 bits per heavy atom. The third-order valence-corrected chi connectivity index (χ3v) is 4.54. The van der Waals surface area contributed by atoms with E-state index in [0.29, 0.717) is 11.5 Å². The fourth-order valence-corrected chi connectivity index (χ4v) is 3.39. The molecule has 2 rings (SSSR count). The molecule has 0 spiro atoms. The first-order chi connectivity index (χ1) is 11.4. The molecule has 1 aliphatic heterocycles. The van der Waals surface area contributed by atoms with Crippen molar-refractivity contribution in [2.45, 2.75) is 46.6 Å². The summed E-state index contributed by atoms with van der Waals surface area (Å²) in [6.45, 7) is 12.1. The lowest BCUT2D eigenvalue weighted by molar-refractivity contribution is -0.121. The van der Waals surface area contributed by atoms with Crippen LogP contribution in [0.25, 0.3) is 0 Å². The van der Waals surface area contributed by atoms with E-state index in [1.54, 1.807) is 0 Å². The number of likely N-dealkylation sites (N-methyl/N-ethyl adjacent to an activating group) is 2. The second kappa shape index (κ2) is 8.49. The number of carbonyl (C=O) groups excluding carboxylic acids is 1. The Kier molecular flexibility index (Phi) is 6.63. The van der Waals surface area contributed by atoms with E-state index < -0.39 is 0 Å². The molecule has 5 nitrogen and oxygen atoms in total. The molecule has 0 radical (unpaired) electrons. The van der Waals surface area contributed by atoms with Crippen LogP contribution < -0.4 is 5.32 Å². The molecule has 0 aliphatic carbocycles. The molecule has 0 saturated carbocycles. The highest BCUT2D eigenvalue weighted by molar-refractivity contribution is 5.79. The van der Waals surface area contributed by atoms with Crippen LogP contribution in [-0.2, 0) is 17.6 Å². The maximum Gasteiger partial charge on any atom is 0.224 e. The summed E-state index contributed by atoms with van der Waals surface area (Å²) in [4.78, 5) is 12.4. The van der Waals surface area contributed by atoms with Gasteiger partial charge in [-0.2, -0.15) is 0 Å². The molecule has 2 N–H and O–H groups in total. The van der Waals surface area contributed by atoms with Gasteiger partial charge in [-0.15, -0.1) is 0 Å². The van der Waals surface area contributed by atoms with Crippen molar-refractivity contribution in [3.63, 3.8) is 0 Å². The zero-order valence-electron chi connectivity index (χ0n) is 15.4. The van der Waals surface area contributed by atoms with Crippen LogP contribution in [-0.4, -0.2) is 53.3 Å². The van der Waals surface area contributed by atoms with E-state index in [1.807, 2.05) is 18.2 Å². The topological polar surface area (TPSA) is 55.8 Å². The number of nitrogens with zero attached hydrogens (tertiary/aromatic N) is 2. The number of benzene rings is 1. The van der Waals surface area contributed by atoms with Crippen LogP contribution in [0.15, 0.2) is 18.2 Å². The number of rotatable bonds is 7. The van der Waals surface area contributed by atoms with Gasteiger partial charge in [0.1, 0.15) is 5.75 Å². The highest BCUT2D eigenvalue weighted by Gasteiger charge is 2.28. The molecule has 1 saturated heterocycles. The van der Waals surface area contributed by atoms with Crippen molar-refractivity contribution in [1.29, 1.82) is 0 Å². The van der Waals surface area contributed by atoms with Crippen molar-refractivity contribution in [1.82, 2.24) is 15.3 Å². The molecule has 0 aromatic heterocycles. The van der Waals surface area contributed by atoms with Gasteiger partial charge in [-0.3, -0.25) is 4.79 Å². The van der Waals surface area contributed by atoms with Gasteiger partial charge in [-0.05, 0) is 17.9 Å². The summed E-state index contributed by atoms with van der Waals surface area (Å²) in [5, 5.41) is 18.1. The van der Waals surface area contributed by atoms with Crippen LogP contribution >= 0.6 is 0 Å². The zero-order chi connectivity index (χ0) is 17.7. The summed E-state index contributed by atoms with van der Waals surface area (Å²) in [6, 6.07) is 5.85. The number of aromatic hydroxyl groups is 1. The number of amides is 1. The second-order valence-electron chi connectivity index (χ2n) is 6.97. The molecule has 0 atom stereocenters. The van der Waals surface area contributed by atoms with E-state index in [9.17, 15) is 9.90 Å². The Morgan fingerprint density at radius 1 is 1.21 bits per heavy atom. The van der Waals surface area contributed by atoms with Crippen LogP contribution in [0.5, 0.6) is 5.75 Å². The number of hydrogen-bond acceptors (Lipinski definition) is 4. The summed E-state index contributed by atoms with van der Waals surface area (Å²) in [6.07, 6.45) is 1.05. The molecule has 1 fully saturated rings. The number of hydrogen-bond donors (Lipinski definition) is 2. The Labute approximate surface area is 145 Å². The van der Waals surface area contributed by atoms with Gasteiger partial charge >= 0.3 is 0 Å². The summed E-state index contributed by atoms with van der Waals surface area (Å²) < 4.78 is 0. The SMILES string of the molecule is CCN1CC(NC(=O)Cc2cccc(CC(C)C)c2O)CN1CC. The fourth-order valence-electron chi connectivity index (χ4n) is 3.39. The lowest BCUT2D eigenvalue weighted by Gasteiger charge is -2.24. The molecule has 1 heterocycles. The molecule has 1 aromatic carbocycles. The third kappa shape index (κ3) is 4.71. The summed E-state index contributed by atoms with van der Waals surface area (Å²) in [5.41, 5.74) is 1.63. The molecule has 24 heavy (non-hydrogen) atoms. The predicted octanol–water partition coefficient (Wildman–Crippen LogP) is 2.19. The standard InChI is InChI=1S/C19H31N3O2/c1-5-21-12-17(13-22(21)6-2)20-18(23)11-16-9-7-8-15(19(16)24)10-14(3)4/h7-9,14,17,24H,5-6,10-13H2,1-4H3,(H,20,23). The average Bonchev–Trinajstić information content (AvgIpc) is 2.92. The Morgan fingerprint density at radius 2 is 1.79 bits per heavy atom. The molecular formula is C19H31N3O2. The average molecular weight is 333 g/mol. The van der Waals surface area contributed by atoms with Crippen molar-refractivity contribution in [3.05, 3.63) is 29.3 Å². The van der Waals surface area contributed by atoms with E-state index in [-0.39, 0.29) is 24.1 Å². The number of para-hydroxylation sites is 1. The highest BCUT2D eigenvalue weighted by Crippen LogP contribution is 2.25. The predicted molar refractivity (Wildman–Crippen MR) is 96.8 cm³/mol. The van der Waals surface area contributed by atoms with Crippen LogP contribution in [0.1, 0.15) is 38.8 Å². The first-order valence-corrected chi connectivity index (χ1v) is 9.03. The normalized spacial score (nSPS) is 16.9. The Hall–Kier alpha value is -1.59. The van der Waals surface area contributed by atoms with Gasteiger partial charge in [0.25, 0.3) is 0 Å². The molecule has 0 unspecified atom stereocenters. The van der Waals surface area contributed by atoms with E-state index in [1.165, 1.54) is 0 Å². The van der Waals surface area contributed by atoms with Gasteiger partial charge in [-0.25, -0.2) is 10.0 Å². The van der Waals surface area contributed by atoms with E-state index >= 15 is 0 Å². The summed E-state index contributed by atoms with van der Waals surface area (Å²) >= 11 is 0. The monoisotopic (exact) mass is 333 g/mol. The molecule has 1 amide bonds. The first kappa shape index (κ1) is 18.7. The number of carbonyl (C=O) groups is 1. The van der Waals surface area contributed by atoms with Crippen molar-refractivity contribution in [2.24, 2.45) is 5.92 Å². The summed E-state index contributed by atoms with van der Waals surface area (Å²) in [5.74, 6) is 0.725. The highest BCUT2D eigenvalue weighted by atomic mass is 16.3. The molecule has 5 heteroatoms. The quantitative estimate of drug-likeness (QED) is 0.803. The lowest BCUT2D eigenvalue weighted by atomic mass is 9.98. The minimum absolute atomic E-state index is 0.0222. The van der Waals surface area contributed by atoms with Gasteiger partial charge < -0.3 is 10.4 Å². The van der Waals surface area contributed by atoms with Crippen molar-refractivity contribution >= 4 is 5.91 Å². The van der Waals surface area contributed by atoms with E-state index in [0.717, 1.165) is 38.2 Å². The number of nitrogens with one attached hydrogen (secondary N) is 1. The molecule has 0 bridgehead atoms. The van der Waals surface area contributed by atoms with Crippen LogP contribution in [0.4, 0.5) is 0 Å². The number of phenols is 1. The van der Waals surface area contributed by atoms with E-state index in [4.69, 9.17) is 0 Å². The van der Waals surface area contributed by atoms with Crippen molar-refractivity contribution < 1.29 is 9.90 Å². The Bertz CT molecular complexity index is 548. The minimum Gasteiger partial charge on any atom is -0.507 e. The number of phenolic OH excluding ortho intramolecular Hbond substituents is 1. The zero-order valence-corrected chi connectivity index (χ0v) is 15.4. The molecule has 1 aromatic rings. The minimum atomic E-state index is -0.0222. The maximum atomic E-state index is 12.4. The lowest BCUT2D eigenvalue weighted by Crippen LogP contribution is -2.39. The van der Waals surface area contributed by atoms with Gasteiger partial charge in [0.15, 0.2) is 0 Å². The van der Waals surface area contributed by atoms with Gasteiger partial charge in [-0.1, -0.05) is 45.9 Å². The third-order valence-electron chi connectivity index (χ3n) is 4.54. The van der Waals surface area contributed by atoms with Gasteiger partial charge in [0, 0.05) is 31.7 Å². The summed E-state index contributed by atoms with van der Waals surface area (Å²) in [7, 11) is 0. The van der Waals surface area contributed by atoms with Crippen molar-refractivity contribution in [2.75, 3.05) is 26.2 Å². The second-order valence-corrected chi connectivity index (χ2v) is 6.97. The van der Waals surface area contributed by atoms with Crippen LogP contribution in [0, 0.1) is 5.92 Å².